The predicted molar refractivity (Wildman–Crippen MR) is 106 cm³/mol. The second-order valence-corrected chi connectivity index (χ2v) is 8.20. The van der Waals surface area contributed by atoms with Gasteiger partial charge in [-0.15, -0.1) is 0 Å². The van der Waals surface area contributed by atoms with Gasteiger partial charge in [-0.05, 0) is 46.0 Å². The van der Waals surface area contributed by atoms with Crippen LogP contribution in [-0.2, 0) is 5.41 Å². The van der Waals surface area contributed by atoms with E-state index in [4.69, 9.17) is 4.42 Å². The zero-order valence-corrected chi connectivity index (χ0v) is 15.6. The summed E-state index contributed by atoms with van der Waals surface area (Å²) in [5, 5.41) is 3.60. The van der Waals surface area contributed by atoms with E-state index < -0.39 is 0 Å². The monoisotopic (exact) mass is 378 g/mol. The zero-order chi connectivity index (χ0) is 16.9. The molecule has 0 aliphatic carbocycles. The molecule has 24 heavy (non-hydrogen) atoms. The Balaban J connectivity index is 1.84. The highest BCUT2D eigenvalue weighted by atomic mass is 79.9. The van der Waals surface area contributed by atoms with Gasteiger partial charge in [0.25, 0.3) is 0 Å². The van der Waals surface area contributed by atoms with E-state index in [1.807, 2.05) is 0 Å². The maximum absolute atomic E-state index is 6.11. The van der Waals surface area contributed by atoms with E-state index in [2.05, 4.69) is 97.4 Å². The summed E-state index contributed by atoms with van der Waals surface area (Å²) in [6.07, 6.45) is 0. The summed E-state index contributed by atoms with van der Waals surface area (Å²) in [5.41, 5.74) is 3.54. The molecule has 0 N–H and O–H groups in total. The molecule has 0 radical (unpaired) electrons. The van der Waals surface area contributed by atoms with Gasteiger partial charge in [0.1, 0.15) is 11.3 Å². The van der Waals surface area contributed by atoms with Gasteiger partial charge in [0, 0.05) is 15.4 Å². The van der Waals surface area contributed by atoms with Crippen molar-refractivity contribution in [1.29, 1.82) is 0 Å². The Morgan fingerprint density at radius 1 is 0.792 bits per heavy atom. The minimum Gasteiger partial charge on any atom is -0.456 e. The first-order valence-electron chi connectivity index (χ1n) is 8.14. The van der Waals surface area contributed by atoms with Crippen LogP contribution in [0.15, 0.2) is 69.6 Å². The van der Waals surface area contributed by atoms with Gasteiger partial charge >= 0.3 is 0 Å². The second kappa shape index (κ2) is 5.49. The van der Waals surface area contributed by atoms with Crippen LogP contribution in [0.3, 0.4) is 0 Å². The fourth-order valence-electron chi connectivity index (χ4n) is 3.10. The average molecular weight is 379 g/mol. The van der Waals surface area contributed by atoms with Gasteiger partial charge in [0.2, 0.25) is 0 Å². The van der Waals surface area contributed by atoms with E-state index in [-0.39, 0.29) is 5.41 Å². The predicted octanol–water partition coefficient (Wildman–Crippen LogP) is 7.31. The number of hydrogen-bond donors (Lipinski definition) is 0. The fraction of sp³-hybridized carbons (Fsp3) is 0.182. The number of benzene rings is 3. The lowest BCUT2D eigenvalue weighted by molar-refractivity contribution is 0.590. The highest BCUT2D eigenvalue weighted by molar-refractivity contribution is 9.10. The van der Waals surface area contributed by atoms with Crippen LogP contribution in [0, 0.1) is 0 Å². The minimum atomic E-state index is 0.163. The molecule has 1 nitrogen and oxygen atoms in total. The van der Waals surface area contributed by atoms with E-state index in [9.17, 15) is 0 Å². The smallest absolute Gasteiger partial charge is 0.135 e. The van der Waals surface area contributed by atoms with Crippen LogP contribution in [0.1, 0.15) is 26.3 Å². The summed E-state index contributed by atoms with van der Waals surface area (Å²) < 4.78 is 7.20. The molecular formula is C22H19BrO. The van der Waals surface area contributed by atoms with E-state index in [1.165, 1.54) is 16.3 Å². The van der Waals surface area contributed by atoms with Crippen molar-refractivity contribution in [2.75, 3.05) is 0 Å². The summed E-state index contributed by atoms with van der Waals surface area (Å²) in [7, 11) is 0. The molecule has 0 aliphatic rings. The van der Waals surface area contributed by atoms with Crippen LogP contribution in [0.25, 0.3) is 33.1 Å². The van der Waals surface area contributed by atoms with Gasteiger partial charge < -0.3 is 4.42 Å². The molecule has 0 bridgehead atoms. The Morgan fingerprint density at radius 3 is 2.25 bits per heavy atom. The molecule has 120 valence electrons. The van der Waals surface area contributed by atoms with Crippen LogP contribution < -0.4 is 0 Å². The van der Waals surface area contributed by atoms with Crippen molar-refractivity contribution >= 4 is 37.7 Å². The summed E-state index contributed by atoms with van der Waals surface area (Å²) in [4.78, 5) is 0. The molecule has 0 saturated carbocycles. The van der Waals surface area contributed by atoms with Crippen molar-refractivity contribution in [3.8, 4) is 11.3 Å². The number of rotatable bonds is 1. The highest BCUT2D eigenvalue weighted by Gasteiger charge is 2.14. The molecule has 0 amide bonds. The van der Waals surface area contributed by atoms with E-state index in [0.717, 1.165) is 26.8 Å². The van der Waals surface area contributed by atoms with E-state index >= 15 is 0 Å². The maximum atomic E-state index is 6.11. The van der Waals surface area contributed by atoms with Crippen molar-refractivity contribution < 1.29 is 4.42 Å². The largest absolute Gasteiger partial charge is 0.456 e. The van der Waals surface area contributed by atoms with Gasteiger partial charge in [-0.2, -0.15) is 0 Å². The van der Waals surface area contributed by atoms with E-state index in [1.54, 1.807) is 0 Å². The van der Waals surface area contributed by atoms with Crippen LogP contribution >= 0.6 is 15.9 Å². The van der Waals surface area contributed by atoms with Crippen molar-refractivity contribution in [3.05, 3.63) is 70.7 Å². The Kier molecular flexibility index (Phi) is 3.54. The normalized spacial score (nSPS) is 12.2. The van der Waals surface area contributed by atoms with Crippen molar-refractivity contribution in [3.63, 3.8) is 0 Å². The number of fused-ring (bicyclic) bond motifs is 3. The third kappa shape index (κ3) is 2.65. The molecule has 3 aromatic carbocycles. The van der Waals surface area contributed by atoms with Crippen LogP contribution in [0.5, 0.6) is 0 Å². The third-order valence-corrected chi connectivity index (χ3v) is 5.01. The molecule has 0 unspecified atom stereocenters. The molecule has 2 heteroatoms. The van der Waals surface area contributed by atoms with E-state index in [0.29, 0.717) is 0 Å². The van der Waals surface area contributed by atoms with Gasteiger partial charge in [-0.1, -0.05) is 73.1 Å². The van der Waals surface area contributed by atoms with Gasteiger partial charge in [0.15, 0.2) is 0 Å². The van der Waals surface area contributed by atoms with Gasteiger partial charge in [-0.25, -0.2) is 0 Å². The Morgan fingerprint density at radius 2 is 1.54 bits per heavy atom. The Hall–Kier alpha value is -2.06. The van der Waals surface area contributed by atoms with Crippen molar-refractivity contribution in [2.24, 2.45) is 0 Å². The average Bonchev–Trinajstić information content (AvgIpc) is 2.98. The first-order chi connectivity index (χ1) is 11.4. The first kappa shape index (κ1) is 15.5. The quantitative estimate of drug-likeness (QED) is 0.338. The SMILES string of the molecule is CC(C)(C)c1ccc(-c2cc3c(ccc4cc(Br)ccc43)o2)cc1. The molecule has 0 aliphatic heterocycles. The number of furan rings is 1. The van der Waals surface area contributed by atoms with Crippen molar-refractivity contribution in [2.45, 2.75) is 26.2 Å². The zero-order valence-electron chi connectivity index (χ0n) is 14.1. The lowest BCUT2D eigenvalue weighted by atomic mass is 9.86. The highest BCUT2D eigenvalue weighted by Crippen LogP contribution is 2.34. The third-order valence-electron chi connectivity index (χ3n) is 4.51. The standard InChI is InChI=1S/C22H19BrO/c1-22(2,3)16-7-4-14(5-8-16)21-13-19-18-10-9-17(23)12-15(18)6-11-20(19)24-21/h4-13H,1-3H3. The molecule has 4 aromatic rings. The molecular weight excluding hydrogens is 360 g/mol. The number of halogens is 1. The molecule has 1 heterocycles. The first-order valence-corrected chi connectivity index (χ1v) is 8.94. The molecule has 1 aromatic heterocycles. The number of hydrogen-bond acceptors (Lipinski definition) is 1. The second-order valence-electron chi connectivity index (χ2n) is 7.28. The molecule has 0 spiro atoms. The minimum absolute atomic E-state index is 0.163. The lowest BCUT2D eigenvalue weighted by Crippen LogP contribution is -2.10. The summed E-state index contributed by atoms with van der Waals surface area (Å²) >= 11 is 3.54. The van der Waals surface area contributed by atoms with Crippen LogP contribution in [0.4, 0.5) is 0 Å². The molecule has 4 rings (SSSR count). The van der Waals surface area contributed by atoms with Crippen LogP contribution in [0.2, 0.25) is 0 Å². The van der Waals surface area contributed by atoms with Gasteiger partial charge in [-0.3, -0.25) is 0 Å². The van der Waals surface area contributed by atoms with Gasteiger partial charge in [0.05, 0.1) is 0 Å². The molecule has 0 saturated heterocycles. The Labute approximate surface area is 150 Å². The summed E-state index contributed by atoms with van der Waals surface area (Å²) in [5.74, 6) is 0.917. The summed E-state index contributed by atoms with van der Waals surface area (Å²) in [6, 6.07) is 21.4. The maximum Gasteiger partial charge on any atom is 0.135 e. The van der Waals surface area contributed by atoms with Crippen molar-refractivity contribution in [1.82, 2.24) is 0 Å². The molecule has 0 atom stereocenters. The molecule has 0 fully saturated rings. The Bertz CT molecular complexity index is 1030. The van der Waals surface area contributed by atoms with Crippen LogP contribution in [-0.4, -0.2) is 0 Å². The lowest BCUT2D eigenvalue weighted by Gasteiger charge is -2.18. The topological polar surface area (TPSA) is 13.1 Å². The fourth-order valence-corrected chi connectivity index (χ4v) is 3.48. The summed E-state index contributed by atoms with van der Waals surface area (Å²) in [6.45, 7) is 6.69.